The van der Waals surface area contributed by atoms with Crippen LogP contribution in [0.5, 0.6) is 0 Å². The van der Waals surface area contributed by atoms with E-state index in [2.05, 4.69) is 33.0 Å². The van der Waals surface area contributed by atoms with Crippen molar-refractivity contribution < 1.29 is 14.0 Å². The summed E-state index contributed by atoms with van der Waals surface area (Å²) in [5.74, 6) is 0.518. The maximum absolute atomic E-state index is 12.9. The predicted octanol–water partition coefficient (Wildman–Crippen LogP) is 4.03. The van der Waals surface area contributed by atoms with Crippen LogP contribution in [0.4, 0.5) is 10.1 Å². The third-order valence-electron chi connectivity index (χ3n) is 3.42. The van der Waals surface area contributed by atoms with E-state index in [0.29, 0.717) is 17.5 Å². The van der Waals surface area contributed by atoms with E-state index in [4.69, 9.17) is 0 Å². The molecule has 1 N–H and O–H groups in total. The molecule has 0 fully saturated rings. The summed E-state index contributed by atoms with van der Waals surface area (Å²) in [6, 6.07) is 5.62. The molecule has 6 heteroatoms. The van der Waals surface area contributed by atoms with Gasteiger partial charge in [0.2, 0.25) is 11.8 Å². The second-order valence-electron chi connectivity index (χ2n) is 7.04. The van der Waals surface area contributed by atoms with Crippen LogP contribution in [0.2, 0.25) is 0 Å². The molecule has 0 spiro atoms. The Morgan fingerprint density at radius 3 is 2.04 bits per heavy atom. The number of nitrogens with zero attached hydrogens (tertiary/aromatic N) is 1. The second kappa shape index (κ2) is 10.4. The van der Waals surface area contributed by atoms with Gasteiger partial charge in [-0.3, -0.25) is 9.59 Å². The first-order valence-corrected chi connectivity index (χ1v) is 9.69. The van der Waals surface area contributed by atoms with Gasteiger partial charge in [0.1, 0.15) is 5.82 Å². The number of hydrogen-bond acceptors (Lipinski definition) is 3. The molecule has 0 saturated carbocycles. The quantitative estimate of drug-likeness (QED) is 0.716. The molecule has 0 aliphatic heterocycles. The van der Waals surface area contributed by atoms with Crippen LogP contribution in [0.25, 0.3) is 0 Å². The fourth-order valence-corrected chi connectivity index (χ4v) is 3.16. The molecule has 1 aromatic carbocycles. The molecule has 0 radical (unpaired) electrons. The Morgan fingerprint density at radius 2 is 1.56 bits per heavy atom. The van der Waals surface area contributed by atoms with E-state index < -0.39 is 0 Å². The first-order chi connectivity index (χ1) is 11.7. The van der Waals surface area contributed by atoms with E-state index in [-0.39, 0.29) is 28.6 Å². The monoisotopic (exact) mass is 368 g/mol. The highest BCUT2D eigenvalue weighted by atomic mass is 32.2. The maximum Gasteiger partial charge on any atom is 0.235 e. The molecule has 0 aliphatic rings. The molecule has 0 aromatic heterocycles. The van der Waals surface area contributed by atoms with Gasteiger partial charge in [0.25, 0.3) is 0 Å². The van der Waals surface area contributed by atoms with Gasteiger partial charge >= 0.3 is 0 Å². The summed E-state index contributed by atoms with van der Waals surface area (Å²) in [7, 11) is 0. The lowest BCUT2D eigenvalue weighted by atomic mass is 10.1. The highest BCUT2D eigenvalue weighted by Crippen LogP contribution is 2.17. The number of halogens is 1. The summed E-state index contributed by atoms with van der Waals surface area (Å²) in [4.78, 5) is 26.5. The zero-order valence-corrected chi connectivity index (χ0v) is 16.5. The number of hydrogen-bond donors (Lipinski definition) is 1. The minimum absolute atomic E-state index is 0.0713. The van der Waals surface area contributed by atoms with Crippen molar-refractivity contribution in [3.63, 3.8) is 0 Å². The standard InChI is InChI=1S/C19H29FN2O2S/c1-13(2)10-22(11-14(3)4)19(24)15(5)25-12-18(23)21-17-8-6-16(20)7-9-17/h6-9,13-15H,10-12H2,1-5H3,(H,21,23). The van der Waals surface area contributed by atoms with E-state index in [1.165, 1.54) is 36.0 Å². The van der Waals surface area contributed by atoms with Crippen molar-refractivity contribution in [1.82, 2.24) is 4.90 Å². The van der Waals surface area contributed by atoms with Gasteiger partial charge in [-0.15, -0.1) is 11.8 Å². The lowest BCUT2D eigenvalue weighted by Crippen LogP contribution is -2.41. The number of carbonyl (C=O) groups is 2. The molecule has 1 atom stereocenters. The lowest BCUT2D eigenvalue weighted by molar-refractivity contribution is -0.131. The van der Waals surface area contributed by atoms with Crippen LogP contribution in [0, 0.1) is 17.7 Å². The van der Waals surface area contributed by atoms with Crippen molar-refractivity contribution in [3.8, 4) is 0 Å². The Bertz CT molecular complexity index is 551. The third kappa shape index (κ3) is 8.38. The number of benzene rings is 1. The van der Waals surface area contributed by atoms with Gasteiger partial charge in [-0.05, 0) is 43.0 Å². The summed E-state index contributed by atoms with van der Waals surface area (Å²) in [5, 5.41) is 2.42. The van der Waals surface area contributed by atoms with Crippen molar-refractivity contribution in [2.24, 2.45) is 11.8 Å². The van der Waals surface area contributed by atoms with Crippen molar-refractivity contribution in [1.29, 1.82) is 0 Å². The molecule has 1 unspecified atom stereocenters. The number of thioether (sulfide) groups is 1. The van der Waals surface area contributed by atoms with Crippen LogP contribution in [0.1, 0.15) is 34.6 Å². The van der Waals surface area contributed by atoms with Crippen LogP contribution in [0.15, 0.2) is 24.3 Å². The number of anilines is 1. The van der Waals surface area contributed by atoms with Gasteiger partial charge in [0.05, 0.1) is 11.0 Å². The Hall–Kier alpha value is -1.56. The molecule has 1 aromatic rings. The Kier molecular flexibility index (Phi) is 8.97. The summed E-state index contributed by atoms with van der Waals surface area (Å²) in [5.41, 5.74) is 0.548. The van der Waals surface area contributed by atoms with E-state index in [1.807, 2.05) is 11.8 Å². The summed E-state index contributed by atoms with van der Waals surface area (Å²) < 4.78 is 12.9. The van der Waals surface area contributed by atoms with Gasteiger partial charge in [-0.25, -0.2) is 4.39 Å². The van der Waals surface area contributed by atoms with Crippen LogP contribution < -0.4 is 5.32 Å². The van der Waals surface area contributed by atoms with Gasteiger partial charge in [-0.1, -0.05) is 27.7 Å². The van der Waals surface area contributed by atoms with Gasteiger partial charge in [0, 0.05) is 18.8 Å². The lowest BCUT2D eigenvalue weighted by Gasteiger charge is -2.28. The first-order valence-electron chi connectivity index (χ1n) is 8.64. The summed E-state index contributed by atoms with van der Waals surface area (Å²) in [6.07, 6.45) is 0. The topological polar surface area (TPSA) is 49.4 Å². The van der Waals surface area contributed by atoms with Crippen molar-refractivity contribution in [2.45, 2.75) is 39.9 Å². The molecular formula is C19H29FN2O2S. The first kappa shape index (κ1) is 21.5. The van der Waals surface area contributed by atoms with E-state index in [1.54, 1.807) is 0 Å². The minimum Gasteiger partial charge on any atom is -0.341 e. The fourth-order valence-electron chi connectivity index (χ4n) is 2.40. The smallest absolute Gasteiger partial charge is 0.235 e. The van der Waals surface area contributed by atoms with Crippen LogP contribution in [-0.2, 0) is 9.59 Å². The molecule has 4 nitrogen and oxygen atoms in total. The minimum atomic E-state index is -0.345. The second-order valence-corrected chi connectivity index (χ2v) is 8.37. The fraction of sp³-hybridized carbons (Fsp3) is 0.579. The largest absolute Gasteiger partial charge is 0.341 e. The molecule has 25 heavy (non-hydrogen) atoms. The molecule has 140 valence electrons. The number of nitrogens with one attached hydrogen (secondary N) is 1. The molecular weight excluding hydrogens is 339 g/mol. The van der Waals surface area contributed by atoms with Gasteiger partial charge < -0.3 is 10.2 Å². The van der Waals surface area contributed by atoms with Crippen LogP contribution in [-0.4, -0.2) is 40.8 Å². The van der Waals surface area contributed by atoms with E-state index in [9.17, 15) is 14.0 Å². The summed E-state index contributed by atoms with van der Waals surface area (Å²) in [6.45, 7) is 11.7. The third-order valence-corrected chi connectivity index (χ3v) is 4.55. The zero-order chi connectivity index (χ0) is 19.0. The molecule has 1 rings (SSSR count). The van der Waals surface area contributed by atoms with Gasteiger partial charge in [0.15, 0.2) is 0 Å². The molecule has 0 saturated heterocycles. The van der Waals surface area contributed by atoms with Crippen LogP contribution >= 0.6 is 11.8 Å². The highest BCUT2D eigenvalue weighted by molar-refractivity contribution is 8.01. The maximum atomic E-state index is 12.9. The van der Waals surface area contributed by atoms with E-state index in [0.717, 1.165) is 13.1 Å². The van der Waals surface area contributed by atoms with E-state index >= 15 is 0 Å². The molecule has 0 aliphatic carbocycles. The number of rotatable bonds is 9. The number of amides is 2. The average molecular weight is 369 g/mol. The van der Waals surface area contributed by atoms with Crippen LogP contribution in [0.3, 0.4) is 0 Å². The Labute approximate surface area is 154 Å². The molecule has 2 amide bonds. The SMILES string of the molecule is CC(C)CN(CC(C)C)C(=O)C(C)SCC(=O)Nc1ccc(F)cc1. The average Bonchev–Trinajstić information content (AvgIpc) is 2.52. The number of carbonyl (C=O) groups excluding carboxylic acids is 2. The van der Waals surface area contributed by atoms with Crippen molar-refractivity contribution >= 4 is 29.3 Å². The van der Waals surface area contributed by atoms with Crippen molar-refractivity contribution in [3.05, 3.63) is 30.1 Å². The Balaban J connectivity index is 2.52. The van der Waals surface area contributed by atoms with Crippen molar-refractivity contribution in [2.75, 3.05) is 24.2 Å². The molecule has 0 heterocycles. The molecule has 0 bridgehead atoms. The Morgan fingerprint density at radius 1 is 1.04 bits per heavy atom. The highest BCUT2D eigenvalue weighted by Gasteiger charge is 2.23. The zero-order valence-electron chi connectivity index (χ0n) is 15.7. The predicted molar refractivity (Wildman–Crippen MR) is 103 cm³/mol. The normalized spacial score (nSPS) is 12.3. The van der Waals surface area contributed by atoms with Gasteiger partial charge in [-0.2, -0.15) is 0 Å². The summed E-state index contributed by atoms with van der Waals surface area (Å²) >= 11 is 1.32.